The molecule has 3 aliphatic carbocycles. The maximum Gasteiger partial charge on any atom is 0.307 e. The molecule has 1 N–H and O–H groups in total. The average Bonchev–Trinajstić information content (AvgIpc) is 2.44. The van der Waals surface area contributed by atoms with E-state index in [1.165, 1.54) is 19.3 Å². The van der Waals surface area contributed by atoms with Crippen molar-refractivity contribution in [3.63, 3.8) is 0 Å². The van der Waals surface area contributed by atoms with E-state index in [4.69, 9.17) is 5.11 Å². The van der Waals surface area contributed by atoms with Crippen molar-refractivity contribution in [3.05, 3.63) is 0 Å². The number of aliphatic carboxylic acids is 1. The monoisotopic (exact) mass is 152 g/mol. The molecule has 0 amide bonds. The van der Waals surface area contributed by atoms with Crippen molar-refractivity contribution in [2.45, 2.75) is 19.3 Å². The smallest absolute Gasteiger partial charge is 0.307 e. The molecule has 3 rings (SSSR count). The molecule has 0 aromatic rings. The van der Waals surface area contributed by atoms with E-state index in [2.05, 4.69) is 0 Å². The fourth-order valence-electron chi connectivity index (χ4n) is 3.66. The van der Waals surface area contributed by atoms with Crippen LogP contribution in [0.5, 0.6) is 0 Å². The Balaban J connectivity index is 1.86. The van der Waals surface area contributed by atoms with Crippen molar-refractivity contribution >= 4 is 5.97 Å². The Morgan fingerprint density at radius 3 is 2.18 bits per heavy atom. The molecule has 3 fully saturated rings. The van der Waals surface area contributed by atoms with Gasteiger partial charge in [-0.2, -0.15) is 0 Å². The maximum atomic E-state index is 10.7. The minimum atomic E-state index is -0.531. The Labute approximate surface area is 65.6 Å². The highest BCUT2D eigenvalue weighted by molar-refractivity contribution is 5.75. The van der Waals surface area contributed by atoms with E-state index in [1.54, 1.807) is 0 Å². The molecule has 0 aromatic carbocycles. The minimum absolute atomic E-state index is 0.0706. The first kappa shape index (κ1) is 6.04. The normalized spacial score (nSPS) is 57.6. The van der Waals surface area contributed by atoms with Gasteiger partial charge in [0, 0.05) is 0 Å². The first-order valence-corrected chi connectivity index (χ1v) is 4.52. The Bertz CT molecular complexity index is 208. The molecule has 0 aliphatic heterocycles. The van der Waals surface area contributed by atoms with Gasteiger partial charge in [-0.3, -0.25) is 4.79 Å². The number of carboxylic acid groups (broad SMARTS) is 1. The fraction of sp³-hybridized carbons (Fsp3) is 0.889. The maximum absolute atomic E-state index is 10.7. The van der Waals surface area contributed by atoms with Crippen LogP contribution in [0, 0.1) is 29.6 Å². The van der Waals surface area contributed by atoms with Crippen molar-refractivity contribution in [1.82, 2.24) is 0 Å². The highest BCUT2D eigenvalue weighted by Gasteiger charge is 2.67. The van der Waals surface area contributed by atoms with Gasteiger partial charge in [-0.05, 0) is 42.9 Å². The zero-order valence-electron chi connectivity index (χ0n) is 6.36. The molecule has 0 heterocycles. The Kier molecular flexibility index (Phi) is 0.890. The van der Waals surface area contributed by atoms with Crippen molar-refractivity contribution in [2.24, 2.45) is 29.6 Å². The zero-order valence-corrected chi connectivity index (χ0v) is 6.36. The van der Waals surface area contributed by atoms with Crippen molar-refractivity contribution in [2.75, 3.05) is 0 Å². The van der Waals surface area contributed by atoms with Gasteiger partial charge in [-0.25, -0.2) is 0 Å². The SMILES string of the molecule is O=C(O)C1[C@@H]2[C@H]3CC[C@H](C3)[C@H]12. The summed E-state index contributed by atoms with van der Waals surface area (Å²) in [6.07, 6.45) is 3.98. The van der Waals surface area contributed by atoms with Crippen LogP contribution in [0.1, 0.15) is 19.3 Å². The Morgan fingerprint density at radius 2 is 1.73 bits per heavy atom. The second-order valence-corrected chi connectivity index (χ2v) is 4.35. The fourth-order valence-corrected chi connectivity index (χ4v) is 3.66. The molecule has 1 unspecified atom stereocenters. The van der Waals surface area contributed by atoms with Gasteiger partial charge in [0.2, 0.25) is 0 Å². The van der Waals surface area contributed by atoms with E-state index >= 15 is 0 Å². The van der Waals surface area contributed by atoms with E-state index in [9.17, 15) is 4.79 Å². The van der Waals surface area contributed by atoms with Crippen molar-refractivity contribution in [1.29, 1.82) is 0 Å². The average molecular weight is 152 g/mol. The predicted octanol–water partition coefficient (Wildman–Crippen LogP) is 1.36. The van der Waals surface area contributed by atoms with Gasteiger partial charge >= 0.3 is 5.97 Å². The van der Waals surface area contributed by atoms with E-state index in [-0.39, 0.29) is 5.92 Å². The number of fused-ring (bicyclic) bond motifs is 5. The molecular weight excluding hydrogens is 140 g/mol. The highest BCUT2D eigenvalue weighted by Crippen LogP contribution is 2.69. The summed E-state index contributed by atoms with van der Waals surface area (Å²) >= 11 is 0. The molecule has 0 radical (unpaired) electrons. The van der Waals surface area contributed by atoms with Crippen LogP contribution >= 0.6 is 0 Å². The third-order valence-electron chi connectivity index (χ3n) is 4.02. The van der Waals surface area contributed by atoms with Gasteiger partial charge in [0.05, 0.1) is 5.92 Å². The second kappa shape index (κ2) is 1.62. The number of hydrogen-bond donors (Lipinski definition) is 1. The summed E-state index contributed by atoms with van der Waals surface area (Å²) in [6.45, 7) is 0. The summed E-state index contributed by atoms with van der Waals surface area (Å²) in [5.74, 6) is 2.34. The van der Waals surface area contributed by atoms with Crippen molar-refractivity contribution in [3.8, 4) is 0 Å². The van der Waals surface area contributed by atoms with Crippen LogP contribution in [0.3, 0.4) is 0 Å². The molecule has 0 spiro atoms. The lowest BCUT2D eigenvalue weighted by Gasteiger charge is -2.04. The van der Waals surface area contributed by atoms with E-state index < -0.39 is 5.97 Å². The molecule has 2 nitrogen and oxygen atoms in total. The van der Waals surface area contributed by atoms with E-state index in [1.807, 2.05) is 0 Å². The summed E-state index contributed by atoms with van der Waals surface area (Å²) in [5.41, 5.74) is 0. The summed E-state index contributed by atoms with van der Waals surface area (Å²) in [5, 5.41) is 8.82. The molecule has 0 saturated heterocycles. The van der Waals surface area contributed by atoms with Crippen LogP contribution in [0.2, 0.25) is 0 Å². The molecule has 0 aromatic heterocycles. The largest absolute Gasteiger partial charge is 0.481 e. The van der Waals surface area contributed by atoms with Gasteiger partial charge in [0.1, 0.15) is 0 Å². The number of rotatable bonds is 1. The van der Waals surface area contributed by atoms with Gasteiger partial charge in [-0.1, -0.05) is 0 Å². The predicted molar refractivity (Wildman–Crippen MR) is 38.9 cm³/mol. The van der Waals surface area contributed by atoms with Crippen LogP contribution in [0.4, 0.5) is 0 Å². The first-order valence-electron chi connectivity index (χ1n) is 4.52. The third kappa shape index (κ3) is 0.569. The first-order chi connectivity index (χ1) is 5.29. The summed E-state index contributed by atoms with van der Waals surface area (Å²) < 4.78 is 0. The second-order valence-electron chi connectivity index (χ2n) is 4.35. The molecule has 2 heteroatoms. The molecule has 60 valence electrons. The Hall–Kier alpha value is -0.530. The highest BCUT2D eigenvalue weighted by atomic mass is 16.4. The van der Waals surface area contributed by atoms with E-state index in [0.29, 0.717) is 11.8 Å². The van der Waals surface area contributed by atoms with Crippen molar-refractivity contribution < 1.29 is 9.90 Å². The summed E-state index contributed by atoms with van der Waals surface area (Å²) in [7, 11) is 0. The quantitative estimate of drug-likeness (QED) is 0.616. The molecule has 11 heavy (non-hydrogen) atoms. The van der Waals surface area contributed by atoms with Crippen LogP contribution in [0.15, 0.2) is 0 Å². The lowest BCUT2D eigenvalue weighted by atomic mass is 10.0. The van der Waals surface area contributed by atoms with Gasteiger partial charge in [0.25, 0.3) is 0 Å². The Morgan fingerprint density at radius 1 is 1.18 bits per heavy atom. The molecule has 5 atom stereocenters. The van der Waals surface area contributed by atoms with Crippen LogP contribution < -0.4 is 0 Å². The number of carbonyl (C=O) groups is 1. The van der Waals surface area contributed by atoms with Crippen LogP contribution in [-0.4, -0.2) is 11.1 Å². The minimum Gasteiger partial charge on any atom is -0.481 e. The molecule has 2 bridgehead atoms. The number of carboxylic acids is 1. The summed E-state index contributed by atoms with van der Waals surface area (Å²) in [4.78, 5) is 10.7. The van der Waals surface area contributed by atoms with Crippen LogP contribution in [-0.2, 0) is 4.79 Å². The number of hydrogen-bond acceptors (Lipinski definition) is 1. The lowest BCUT2D eigenvalue weighted by Crippen LogP contribution is -2.07. The van der Waals surface area contributed by atoms with Gasteiger partial charge in [0.15, 0.2) is 0 Å². The molecule has 3 saturated carbocycles. The van der Waals surface area contributed by atoms with Gasteiger partial charge < -0.3 is 5.11 Å². The third-order valence-corrected chi connectivity index (χ3v) is 4.02. The topological polar surface area (TPSA) is 37.3 Å². The van der Waals surface area contributed by atoms with Gasteiger partial charge in [-0.15, -0.1) is 0 Å². The standard InChI is InChI=1S/C9H12O2/c10-9(11)8-6-4-1-2-5(3-4)7(6)8/h4-8H,1-3H2,(H,10,11)/t4-,5+,6+,7-,8?. The molecular formula is C9H12O2. The summed E-state index contributed by atoms with van der Waals surface area (Å²) in [6, 6.07) is 0. The van der Waals surface area contributed by atoms with E-state index in [0.717, 1.165) is 11.8 Å². The zero-order chi connectivity index (χ0) is 7.59. The lowest BCUT2D eigenvalue weighted by molar-refractivity contribution is -0.139. The van der Waals surface area contributed by atoms with Crippen LogP contribution in [0.25, 0.3) is 0 Å². The molecule has 3 aliphatic rings.